The van der Waals surface area contributed by atoms with E-state index in [9.17, 15) is 9.90 Å². The first kappa shape index (κ1) is 26.5. The first-order chi connectivity index (χ1) is 21.0. The van der Waals surface area contributed by atoms with Crippen molar-refractivity contribution >= 4 is 22.4 Å². The number of benzene rings is 4. The lowest BCUT2D eigenvalue weighted by Gasteiger charge is -2.17. The number of aliphatic imine (C=N–C) groups is 1. The molecule has 0 bridgehead atoms. The monoisotopic (exact) mass is 567 g/mol. The molecule has 7 nitrogen and oxygen atoms in total. The van der Waals surface area contributed by atoms with Gasteiger partial charge in [0.15, 0.2) is 0 Å². The minimum atomic E-state index is -0.610. The number of hydrogen-bond acceptors (Lipinski definition) is 6. The van der Waals surface area contributed by atoms with Gasteiger partial charge in [0.2, 0.25) is 0 Å². The molecule has 6 aromatic rings. The molecule has 4 aromatic carbocycles. The van der Waals surface area contributed by atoms with Gasteiger partial charge in [0, 0.05) is 17.3 Å². The van der Waals surface area contributed by atoms with Crippen LogP contribution in [0.3, 0.4) is 0 Å². The summed E-state index contributed by atoms with van der Waals surface area (Å²) in [7, 11) is 1.66. The summed E-state index contributed by atoms with van der Waals surface area (Å²) in [5.74, 6) is 0.469. The lowest BCUT2D eigenvalue weighted by Crippen LogP contribution is -2.18. The third-order valence-corrected chi connectivity index (χ3v) is 8.11. The molecular weight excluding hydrogens is 538 g/mol. The third-order valence-electron chi connectivity index (χ3n) is 8.11. The zero-order valence-electron chi connectivity index (χ0n) is 23.8. The maximum absolute atomic E-state index is 13.5. The molecule has 7 rings (SSSR count). The van der Waals surface area contributed by atoms with Gasteiger partial charge in [-0.25, -0.2) is 9.48 Å². The molecule has 1 unspecified atom stereocenters. The number of fused-ring (bicyclic) bond motifs is 2. The second-order valence-electron chi connectivity index (χ2n) is 10.8. The van der Waals surface area contributed by atoms with Crippen LogP contribution in [0.1, 0.15) is 34.6 Å². The fourth-order valence-electron chi connectivity index (χ4n) is 5.99. The Bertz CT molecular complexity index is 2070. The normalized spacial score (nSPS) is 14.7. The number of hydrogen-bond donors (Lipinski definition) is 1. The van der Waals surface area contributed by atoms with Crippen LogP contribution in [0.15, 0.2) is 117 Å². The first-order valence-corrected chi connectivity index (χ1v) is 14.2. The molecule has 0 radical (unpaired) electrons. The number of aromatic nitrogens is 2. The van der Waals surface area contributed by atoms with Crippen LogP contribution >= 0.6 is 0 Å². The third kappa shape index (κ3) is 4.69. The van der Waals surface area contributed by atoms with E-state index < -0.39 is 5.63 Å². The number of rotatable bonds is 5. The predicted molar refractivity (Wildman–Crippen MR) is 168 cm³/mol. The molecule has 1 aliphatic heterocycles. The average Bonchev–Trinajstić information content (AvgIpc) is 3.39. The van der Waals surface area contributed by atoms with E-state index in [1.165, 1.54) is 0 Å². The van der Waals surface area contributed by atoms with Crippen molar-refractivity contribution in [3.8, 4) is 28.4 Å². The second kappa shape index (κ2) is 10.8. The van der Waals surface area contributed by atoms with Crippen molar-refractivity contribution in [2.75, 3.05) is 7.11 Å². The van der Waals surface area contributed by atoms with Crippen molar-refractivity contribution in [1.29, 1.82) is 0 Å². The standard InChI is InChI=1S/C36H29N3O4/c1-22-11-10-16-27-34(40)32(36(41)43-35(22)27)30-20-24(19-23-12-6-8-17-29(23)37-30)28-21-39(25-13-4-3-5-14-25)38-33(28)26-15-7-9-18-31(26)42-2/h3-18,21,24,40H,19-20H2,1-2H3. The van der Waals surface area contributed by atoms with Gasteiger partial charge in [-0.15, -0.1) is 0 Å². The molecule has 0 amide bonds. The molecule has 0 saturated heterocycles. The average molecular weight is 568 g/mol. The molecule has 0 saturated carbocycles. The number of methoxy groups -OCH3 is 1. The van der Waals surface area contributed by atoms with Crippen LogP contribution in [0.2, 0.25) is 0 Å². The SMILES string of the molecule is COc1ccccc1-c1nn(-c2ccccc2)cc1C1CC(c2c(O)c3cccc(C)c3oc2=O)=Nc2ccccc2C1. The number of nitrogens with zero attached hydrogens (tertiary/aromatic N) is 3. The maximum atomic E-state index is 13.5. The van der Waals surface area contributed by atoms with Crippen LogP contribution in [-0.2, 0) is 6.42 Å². The largest absolute Gasteiger partial charge is 0.506 e. The van der Waals surface area contributed by atoms with Gasteiger partial charge in [-0.1, -0.05) is 60.7 Å². The molecule has 43 heavy (non-hydrogen) atoms. The minimum Gasteiger partial charge on any atom is -0.506 e. The fraction of sp³-hybridized carbons (Fsp3) is 0.139. The molecule has 0 fully saturated rings. The quantitative estimate of drug-likeness (QED) is 0.218. The summed E-state index contributed by atoms with van der Waals surface area (Å²) in [4.78, 5) is 18.5. The van der Waals surface area contributed by atoms with E-state index >= 15 is 0 Å². The molecule has 0 spiro atoms. The van der Waals surface area contributed by atoms with Gasteiger partial charge in [0.1, 0.15) is 22.6 Å². The van der Waals surface area contributed by atoms with Gasteiger partial charge in [0.25, 0.3) is 0 Å². The molecule has 0 aliphatic carbocycles. The first-order valence-electron chi connectivity index (χ1n) is 14.2. The van der Waals surface area contributed by atoms with Crippen LogP contribution in [0.5, 0.6) is 11.5 Å². The van der Waals surface area contributed by atoms with Gasteiger partial charge in [-0.05, 0) is 73.2 Å². The van der Waals surface area contributed by atoms with Crippen molar-refractivity contribution in [2.24, 2.45) is 4.99 Å². The Balaban J connectivity index is 1.44. The topological polar surface area (TPSA) is 89.9 Å². The summed E-state index contributed by atoms with van der Waals surface area (Å²) in [6, 6.07) is 31.2. The van der Waals surface area contributed by atoms with Crippen LogP contribution in [0.4, 0.5) is 5.69 Å². The van der Waals surface area contributed by atoms with E-state index in [4.69, 9.17) is 19.2 Å². The molecule has 1 atom stereocenters. The highest BCUT2D eigenvalue weighted by Gasteiger charge is 2.30. The van der Waals surface area contributed by atoms with Gasteiger partial charge in [-0.2, -0.15) is 5.10 Å². The van der Waals surface area contributed by atoms with Crippen LogP contribution < -0.4 is 10.4 Å². The molecule has 3 heterocycles. The molecule has 2 aromatic heterocycles. The molecule has 212 valence electrons. The predicted octanol–water partition coefficient (Wildman–Crippen LogP) is 7.52. The summed E-state index contributed by atoms with van der Waals surface area (Å²) in [6.07, 6.45) is 3.09. The molecule has 1 aliphatic rings. The number of ether oxygens (including phenoxy) is 1. The van der Waals surface area contributed by atoms with Crippen molar-refractivity contribution in [3.05, 3.63) is 136 Å². The van der Waals surface area contributed by atoms with Crippen molar-refractivity contribution in [1.82, 2.24) is 9.78 Å². The molecule has 1 N–H and O–H groups in total. The zero-order chi connectivity index (χ0) is 29.5. The molecule has 7 heteroatoms. The Morgan fingerprint density at radius 2 is 1.67 bits per heavy atom. The van der Waals surface area contributed by atoms with Gasteiger partial charge >= 0.3 is 5.63 Å². The highest BCUT2D eigenvalue weighted by molar-refractivity contribution is 6.08. The van der Waals surface area contributed by atoms with Crippen molar-refractivity contribution in [2.45, 2.75) is 25.7 Å². The number of aryl methyl sites for hydroxylation is 1. The summed E-state index contributed by atoms with van der Waals surface area (Å²) in [5.41, 5.74) is 6.48. The van der Waals surface area contributed by atoms with Crippen molar-refractivity contribution < 1.29 is 14.3 Å². The number of aromatic hydroxyl groups is 1. The van der Waals surface area contributed by atoms with E-state index in [2.05, 4.69) is 12.3 Å². The fourth-order valence-corrected chi connectivity index (χ4v) is 5.99. The number of para-hydroxylation sites is 4. The summed E-state index contributed by atoms with van der Waals surface area (Å²) in [6.45, 7) is 1.85. The van der Waals surface area contributed by atoms with Crippen LogP contribution in [0.25, 0.3) is 27.9 Å². The van der Waals surface area contributed by atoms with Crippen LogP contribution in [0, 0.1) is 6.92 Å². The summed E-state index contributed by atoms with van der Waals surface area (Å²) < 4.78 is 13.4. The molecular formula is C36H29N3O4. The Labute approximate surface area is 248 Å². The van der Waals surface area contributed by atoms with Gasteiger partial charge in [-0.3, -0.25) is 4.99 Å². The Kier molecular flexibility index (Phi) is 6.62. The highest BCUT2D eigenvalue weighted by atomic mass is 16.5. The second-order valence-corrected chi connectivity index (χ2v) is 10.8. The van der Waals surface area contributed by atoms with Crippen molar-refractivity contribution in [3.63, 3.8) is 0 Å². The summed E-state index contributed by atoms with van der Waals surface area (Å²) in [5, 5.41) is 17.0. The highest BCUT2D eigenvalue weighted by Crippen LogP contribution is 2.42. The van der Waals surface area contributed by atoms with E-state index in [0.717, 1.165) is 39.3 Å². The van der Waals surface area contributed by atoms with E-state index in [0.29, 0.717) is 35.3 Å². The minimum absolute atomic E-state index is 0.0918. The van der Waals surface area contributed by atoms with E-state index in [-0.39, 0.29) is 17.2 Å². The summed E-state index contributed by atoms with van der Waals surface area (Å²) >= 11 is 0. The smallest absolute Gasteiger partial charge is 0.349 e. The van der Waals surface area contributed by atoms with Crippen LogP contribution in [-0.4, -0.2) is 27.7 Å². The Morgan fingerprint density at radius 3 is 2.51 bits per heavy atom. The lowest BCUT2D eigenvalue weighted by atomic mass is 9.85. The van der Waals surface area contributed by atoms with Gasteiger partial charge in [0.05, 0.1) is 35.3 Å². The van der Waals surface area contributed by atoms with E-state index in [1.807, 2.05) is 96.5 Å². The zero-order valence-corrected chi connectivity index (χ0v) is 23.8. The lowest BCUT2D eigenvalue weighted by molar-refractivity contribution is 0.416. The Morgan fingerprint density at radius 1 is 0.907 bits per heavy atom. The maximum Gasteiger partial charge on any atom is 0.349 e. The Hall–Kier alpha value is -5.43. The van der Waals surface area contributed by atoms with E-state index in [1.54, 1.807) is 13.2 Å². The van der Waals surface area contributed by atoms with Gasteiger partial charge < -0.3 is 14.3 Å².